The van der Waals surface area contributed by atoms with E-state index < -0.39 is 5.60 Å². The van der Waals surface area contributed by atoms with Gasteiger partial charge >= 0.3 is 6.09 Å². The summed E-state index contributed by atoms with van der Waals surface area (Å²) in [5, 5.41) is 0. The highest BCUT2D eigenvalue weighted by atomic mass is 79.9. The molecule has 0 saturated carbocycles. The lowest BCUT2D eigenvalue weighted by atomic mass is 10.1. The summed E-state index contributed by atoms with van der Waals surface area (Å²) >= 11 is 3.51. The van der Waals surface area contributed by atoms with Crippen LogP contribution in [0.15, 0.2) is 22.7 Å². The minimum Gasteiger partial charge on any atom is -0.444 e. The number of aromatic amines is 1. The molecule has 1 aliphatic rings. The summed E-state index contributed by atoms with van der Waals surface area (Å²) in [6.07, 6.45) is 1.58. The van der Waals surface area contributed by atoms with Crippen LogP contribution in [0.2, 0.25) is 0 Å². The molecule has 1 fully saturated rings. The third-order valence-corrected chi connectivity index (χ3v) is 5.04. The largest absolute Gasteiger partial charge is 0.444 e. The number of carbonyl (C=O) groups is 1. The number of aromatic nitrogens is 2. The molecule has 1 aromatic carbocycles. The van der Waals surface area contributed by atoms with Crippen molar-refractivity contribution < 1.29 is 9.53 Å². The van der Waals surface area contributed by atoms with Crippen LogP contribution in [0, 0.1) is 13.8 Å². The van der Waals surface area contributed by atoms with E-state index in [2.05, 4.69) is 40.0 Å². The average molecular weight is 420 g/mol. The van der Waals surface area contributed by atoms with Crippen LogP contribution in [0.5, 0.6) is 0 Å². The van der Waals surface area contributed by atoms with Gasteiger partial charge in [0, 0.05) is 22.3 Å². The van der Waals surface area contributed by atoms with Gasteiger partial charge < -0.3 is 9.72 Å². The van der Waals surface area contributed by atoms with Gasteiger partial charge in [0.2, 0.25) is 0 Å². The Morgan fingerprint density at radius 2 is 2.08 bits per heavy atom. The monoisotopic (exact) mass is 419 g/mol. The minimum atomic E-state index is -0.497. The van der Waals surface area contributed by atoms with Gasteiger partial charge in [0.25, 0.3) is 0 Å². The molecule has 1 N–H and O–H groups in total. The normalized spacial score (nSPS) is 17.6. The molecular weight excluding hydrogens is 394 g/mol. The van der Waals surface area contributed by atoms with Crippen LogP contribution in [-0.2, 0) is 4.74 Å². The molecule has 0 spiro atoms. The first kappa shape index (κ1) is 19.0. The molecule has 140 valence electrons. The third kappa shape index (κ3) is 3.95. The summed E-state index contributed by atoms with van der Waals surface area (Å²) in [5.41, 5.74) is 3.73. The Morgan fingerprint density at radius 1 is 1.35 bits per heavy atom. The Labute approximate surface area is 163 Å². The minimum absolute atomic E-state index is 0.0620. The number of ether oxygens (including phenoxy) is 1. The number of nitrogens with zero attached hydrogens (tertiary/aromatic N) is 2. The standard InChI is InChI=1S/C20H26BrN3O2/c1-12-11-14(21)8-9-15(12)17-13(2)22-18(23-17)16-7-6-10-24(16)19(25)26-20(3,4)5/h8-9,11,16H,6-7,10H2,1-5H3,(H,22,23)/t16-/m0/s1. The van der Waals surface area contributed by atoms with Crippen molar-refractivity contribution in [3.05, 3.63) is 39.8 Å². The van der Waals surface area contributed by atoms with Crippen LogP contribution < -0.4 is 0 Å². The highest BCUT2D eigenvalue weighted by molar-refractivity contribution is 9.10. The first-order valence-corrected chi connectivity index (χ1v) is 9.77. The van der Waals surface area contributed by atoms with Gasteiger partial charge in [-0.15, -0.1) is 0 Å². The van der Waals surface area contributed by atoms with Gasteiger partial charge in [-0.3, -0.25) is 4.90 Å². The summed E-state index contributed by atoms with van der Waals surface area (Å²) in [6, 6.07) is 6.13. The van der Waals surface area contributed by atoms with Crippen molar-refractivity contribution in [2.24, 2.45) is 0 Å². The van der Waals surface area contributed by atoms with E-state index in [1.54, 1.807) is 4.90 Å². The molecule has 1 amide bonds. The molecule has 1 aromatic heterocycles. The lowest BCUT2D eigenvalue weighted by molar-refractivity contribution is 0.0218. The lowest BCUT2D eigenvalue weighted by Gasteiger charge is -2.27. The molecule has 3 rings (SSSR count). The maximum Gasteiger partial charge on any atom is 0.410 e. The number of imidazole rings is 1. The van der Waals surface area contributed by atoms with Crippen LogP contribution in [0.25, 0.3) is 11.3 Å². The van der Waals surface area contributed by atoms with E-state index in [1.807, 2.05) is 33.8 Å². The summed E-state index contributed by atoms with van der Waals surface area (Å²) in [4.78, 5) is 22.6. The molecule has 2 aromatic rings. The van der Waals surface area contributed by atoms with Crippen LogP contribution in [0.4, 0.5) is 4.79 Å². The van der Waals surface area contributed by atoms with Crippen LogP contribution in [0.1, 0.15) is 56.7 Å². The van der Waals surface area contributed by atoms with Crippen molar-refractivity contribution in [1.29, 1.82) is 0 Å². The fourth-order valence-electron chi connectivity index (χ4n) is 3.39. The van der Waals surface area contributed by atoms with Crippen molar-refractivity contribution >= 4 is 22.0 Å². The number of H-pyrrole nitrogens is 1. The average Bonchev–Trinajstić information content (AvgIpc) is 3.12. The third-order valence-electron chi connectivity index (χ3n) is 4.54. The van der Waals surface area contributed by atoms with Crippen LogP contribution in [-0.4, -0.2) is 33.1 Å². The Morgan fingerprint density at radius 3 is 2.73 bits per heavy atom. The van der Waals surface area contributed by atoms with Gasteiger partial charge in [-0.1, -0.05) is 22.0 Å². The zero-order valence-corrected chi connectivity index (χ0v) is 17.6. The maximum absolute atomic E-state index is 12.6. The van der Waals surface area contributed by atoms with Crippen LogP contribution >= 0.6 is 15.9 Å². The molecule has 1 saturated heterocycles. The second-order valence-corrected chi connectivity index (χ2v) is 8.80. The van der Waals surface area contributed by atoms with Gasteiger partial charge in [0.05, 0.1) is 11.7 Å². The molecule has 6 heteroatoms. The van der Waals surface area contributed by atoms with E-state index >= 15 is 0 Å². The van der Waals surface area contributed by atoms with Gasteiger partial charge in [-0.05, 0) is 65.2 Å². The Kier molecular flexibility index (Phi) is 5.15. The number of likely N-dealkylation sites (tertiary alicyclic amines) is 1. The van der Waals surface area contributed by atoms with E-state index in [9.17, 15) is 4.79 Å². The molecule has 0 unspecified atom stereocenters. The molecular formula is C20H26BrN3O2. The van der Waals surface area contributed by atoms with E-state index in [4.69, 9.17) is 9.72 Å². The quantitative estimate of drug-likeness (QED) is 0.695. The molecule has 1 aliphatic heterocycles. The number of rotatable bonds is 2. The number of hydrogen-bond donors (Lipinski definition) is 1. The molecule has 0 aliphatic carbocycles. The Balaban J connectivity index is 1.89. The fraction of sp³-hybridized carbons (Fsp3) is 0.500. The fourth-order valence-corrected chi connectivity index (χ4v) is 3.86. The van der Waals surface area contributed by atoms with Crippen molar-refractivity contribution in [1.82, 2.24) is 14.9 Å². The number of halogens is 1. The van der Waals surface area contributed by atoms with Gasteiger partial charge in [0.15, 0.2) is 0 Å². The van der Waals surface area contributed by atoms with Gasteiger partial charge in [-0.25, -0.2) is 9.78 Å². The maximum atomic E-state index is 12.6. The van der Waals surface area contributed by atoms with Gasteiger partial charge in [0.1, 0.15) is 11.4 Å². The second-order valence-electron chi connectivity index (χ2n) is 7.89. The van der Waals surface area contributed by atoms with E-state index in [-0.39, 0.29) is 12.1 Å². The van der Waals surface area contributed by atoms with E-state index in [1.165, 1.54) is 0 Å². The SMILES string of the molecule is Cc1cc(Br)ccc1-c1nc([C@@H]2CCCN2C(=O)OC(C)(C)C)[nH]c1C. The topological polar surface area (TPSA) is 58.2 Å². The summed E-state index contributed by atoms with van der Waals surface area (Å²) in [7, 11) is 0. The van der Waals surface area contributed by atoms with Crippen molar-refractivity contribution in [3.8, 4) is 11.3 Å². The highest BCUT2D eigenvalue weighted by Gasteiger charge is 2.35. The Hall–Kier alpha value is -1.82. The number of aryl methyl sites for hydroxylation is 2. The predicted molar refractivity (Wildman–Crippen MR) is 106 cm³/mol. The summed E-state index contributed by atoms with van der Waals surface area (Å²) < 4.78 is 6.62. The number of benzene rings is 1. The molecule has 0 radical (unpaired) electrons. The number of amides is 1. The van der Waals surface area contributed by atoms with Crippen LogP contribution in [0.3, 0.4) is 0 Å². The second kappa shape index (κ2) is 7.06. The van der Waals surface area contributed by atoms with E-state index in [0.717, 1.165) is 45.7 Å². The Bertz CT molecular complexity index is 823. The van der Waals surface area contributed by atoms with E-state index in [0.29, 0.717) is 6.54 Å². The molecule has 5 nitrogen and oxygen atoms in total. The summed E-state index contributed by atoms with van der Waals surface area (Å²) in [5.74, 6) is 0.836. The first-order chi connectivity index (χ1) is 12.2. The summed E-state index contributed by atoms with van der Waals surface area (Å²) in [6.45, 7) is 10.5. The zero-order valence-electron chi connectivity index (χ0n) is 16.0. The van der Waals surface area contributed by atoms with Crippen molar-refractivity contribution in [3.63, 3.8) is 0 Å². The number of hydrogen-bond acceptors (Lipinski definition) is 3. The van der Waals surface area contributed by atoms with Crippen molar-refractivity contribution in [2.75, 3.05) is 6.54 Å². The molecule has 0 bridgehead atoms. The smallest absolute Gasteiger partial charge is 0.410 e. The lowest BCUT2D eigenvalue weighted by Crippen LogP contribution is -2.36. The number of nitrogens with one attached hydrogen (secondary N) is 1. The van der Waals surface area contributed by atoms with Crippen molar-refractivity contribution in [2.45, 2.75) is 59.1 Å². The molecule has 2 heterocycles. The number of carbonyl (C=O) groups excluding carboxylic acids is 1. The zero-order chi connectivity index (χ0) is 19.1. The van der Waals surface area contributed by atoms with Gasteiger partial charge in [-0.2, -0.15) is 0 Å². The predicted octanol–water partition coefficient (Wildman–Crippen LogP) is 5.53. The molecule has 1 atom stereocenters. The molecule has 26 heavy (non-hydrogen) atoms. The highest BCUT2D eigenvalue weighted by Crippen LogP contribution is 2.35. The first-order valence-electron chi connectivity index (χ1n) is 8.98.